The minimum Gasteiger partial charge on any atom is -0.465 e. The zero-order valence-corrected chi connectivity index (χ0v) is 17.0. The fourth-order valence-corrected chi connectivity index (χ4v) is 3.34. The molecule has 2 aromatic rings. The Morgan fingerprint density at radius 2 is 1.73 bits per heavy atom. The molecule has 1 heterocycles. The molecule has 2 aromatic carbocycles. The summed E-state index contributed by atoms with van der Waals surface area (Å²) in [5, 5.41) is 2.73. The second-order valence-corrected chi connectivity index (χ2v) is 6.87. The van der Waals surface area contributed by atoms with Crippen molar-refractivity contribution in [2.75, 3.05) is 39.2 Å². The Bertz CT molecular complexity index is 969. The first-order valence-corrected chi connectivity index (χ1v) is 9.59. The van der Waals surface area contributed by atoms with Crippen molar-refractivity contribution in [3.05, 3.63) is 71.3 Å². The fourth-order valence-electron chi connectivity index (χ4n) is 3.34. The smallest absolute Gasteiger partial charge is 0.339 e. The monoisotopic (exact) mass is 408 g/mol. The van der Waals surface area contributed by atoms with Crippen molar-refractivity contribution < 1.29 is 23.9 Å². The molecule has 0 fully saturated rings. The van der Waals surface area contributed by atoms with E-state index in [-0.39, 0.29) is 29.3 Å². The molecule has 0 unspecified atom stereocenters. The van der Waals surface area contributed by atoms with E-state index in [9.17, 15) is 14.4 Å². The van der Waals surface area contributed by atoms with Crippen LogP contribution in [0.15, 0.2) is 54.6 Å². The molecule has 3 rings (SSSR count). The highest BCUT2D eigenvalue weighted by Crippen LogP contribution is 2.23. The Morgan fingerprint density at radius 1 is 1.00 bits per heavy atom. The molecule has 7 nitrogen and oxygen atoms in total. The highest BCUT2D eigenvalue weighted by atomic mass is 16.5. The number of nitrogens with zero attached hydrogens (tertiary/aromatic N) is 1. The lowest BCUT2D eigenvalue weighted by Crippen LogP contribution is -2.36. The number of methoxy groups -OCH3 is 2. The van der Waals surface area contributed by atoms with Gasteiger partial charge in [-0.1, -0.05) is 36.4 Å². The summed E-state index contributed by atoms with van der Waals surface area (Å²) >= 11 is 0. The molecular formula is C23H24N2O5. The molecule has 0 radical (unpaired) electrons. The second-order valence-electron chi connectivity index (χ2n) is 6.87. The molecule has 0 bridgehead atoms. The number of amides is 1. The minimum atomic E-state index is -0.602. The van der Waals surface area contributed by atoms with Gasteiger partial charge >= 0.3 is 11.9 Å². The van der Waals surface area contributed by atoms with Crippen LogP contribution in [-0.4, -0.2) is 56.6 Å². The Labute approximate surface area is 175 Å². The molecule has 0 aromatic heterocycles. The third kappa shape index (κ3) is 5.12. The maximum atomic E-state index is 12.6. The quantitative estimate of drug-likeness (QED) is 0.740. The SMILES string of the molecule is COC(=O)c1ccc(C(=O)OC)c(NC(=O)CN2CC=C(c3ccccc3)CC2)c1. The van der Waals surface area contributed by atoms with Crippen molar-refractivity contribution in [2.45, 2.75) is 6.42 Å². The zero-order valence-electron chi connectivity index (χ0n) is 17.0. The Hall–Kier alpha value is -3.45. The predicted molar refractivity (Wildman–Crippen MR) is 113 cm³/mol. The van der Waals surface area contributed by atoms with E-state index in [4.69, 9.17) is 9.47 Å². The molecule has 0 saturated carbocycles. The first-order valence-electron chi connectivity index (χ1n) is 9.59. The van der Waals surface area contributed by atoms with Crippen LogP contribution >= 0.6 is 0 Å². The van der Waals surface area contributed by atoms with Crippen molar-refractivity contribution >= 4 is 29.1 Å². The Kier molecular flexibility index (Phi) is 6.98. The average molecular weight is 408 g/mol. The van der Waals surface area contributed by atoms with Gasteiger partial charge in [-0.05, 0) is 35.8 Å². The lowest BCUT2D eigenvalue weighted by Gasteiger charge is -2.26. The van der Waals surface area contributed by atoms with Crippen molar-refractivity contribution in [2.24, 2.45) is 0 Å². The zero-order chi connectivity index (χ0) is 21.5. The number of rotatable bonds is 6. The van der Waals surface area contributed by atoms with Crippen molar-refractivity contribution in [3.63, 3.8) is 0 Å². The molecule has 7 heteroatoms. The van der Waals surface area contributed by atoms with Crippen LogP contribution in [0.4, 0.5) is 5.69 Å². The summed E-state index contributed by atoms with van der Waals surface area (Å²) in [4.78, 5) is 38.4. The summed E-state index contributed by atoms with van der Waals surface area (Å²) in [6, 6.07) is 14.5. The third-order valence-electron chi connectivity index (χ3n) is 4.93. The fraction of sp³-hybridized carbons (Fsp3) is 0.261. The second kappa shape index (κ2) is 9.84. The van der Waals surface area contributed by atoms with Gasteiger partial charge in [0, 0.05) is 13.1 Å². The van der Waals surface area contributed by atoms with Crippen LogP contribution in [0.1, 0.15) is 32.7 Å². The van der Waals surface area contributed by atoms with E-state index < -0.39 is 11.9 Å². The van der Waals surface area contributed by atoms with Gasteiger partial charge in [-0.3, -0.25) is 9.69 Å². The van der Waals surface area contributed by atoms with E-state index in [1.165, 1.54) is 43.6 Å². The molecule has 0 spiro atoms. The number of hydrogen-bond donors (Lipinski definition) is 1. The van der Waals surface area contributed by atoms with E-state index in [0.717, 1.165) is 13.0 Å². The maximum Gasteiger partial charge on any atom is 0.339 e. The van der Waals surface area contributed by atoms with Crippen LogP contribution in [0.5, 0.6) is 0 Å². The lowest BCUT2D eigenvalue weighted by molar-refractivity contribution is -0.117. The summed E-state index contributed by atoms with van der Waals surface area (Å²) in [6.45, 7) is 1.57. The van der Waals surface area contributed by atoms with Crippen molar-refractivity contribution in [1.82, 2.24) is 4.90 Å². The van der Waals surface area contributed by atoms with Crippen molar-refractivity contribution in [1.29, 1.82) is 0 Å². The van der Waals surface area contributed by atoms with E-state index in [0.29, 0.717) is 6.54 Å². The van der Waals surface area contributed by atoms with Gasteiger partial charge in [0.25, 0.3) is 0 Å². The molecule has 0 aliphatic carbocycles. The predicted octanol–water partition coefficient (Wildman–Crippen LogP) is 2.99. The van der Waals surface area contributed by atoms with Crippen LogP contribution in [-0.2, 0) is 14.3 Å². The van der Waals surface area contributed by atoms with Gasteiger partial charge in [-0.2, -0.15) is 0 Å². The average Bonchev–Trinajstić information content (AvgIpc) is 2.79. The van der Waals surface area contributed by atoms with Gasteiger partial charge in [0.05, 0.1) is 37.6 Å². The number of carbonyl (C=O) groups excluding carboxylic acids is 3. The molecule has 30 heavy (non-hydrogen) atoms. The summed E-state index contributed by atoms with van der Waals surface area (Å²) in [6.07, 6.45) is 2.98. The van der Waals surface area contributed by atoms with Crippen LogP contribution in [0.3, 0.4) is 0 Å². The van der Waals surface area contributed by atoms with Crippen LogP contribution in [0, 0.1) is 0 Å². The summed E-state index contributed by atoms with van der Waals surface area (Å²) in [5.41, 5.74) is 3.08. The van der Waals surface area contributed by atoms with Crippen LogP contribution in [0.25, 0.3) is 5.57 Å². The van der Waals surface area contributed by atoms with E-state index in [1.807, 2.05) is 23.1 Å². The number of carbonyl (C=O) groups is 3. The number of esters is 2. The van der Waals surface area contributed by atoms with Gasteiger partial charge in [0.1, 0.15) is 0 Å². The topological polar surface area (TPSA) is 84.9 Å². The van der Waals surface area contributed by atoms with E-state index in [1.54, 1.807) is 0 Å². The van der Waals surface area contributed by atoms with E-state index >= 15 is 0 Å². The largest absolute Gasteiger partial charge is 0.465 e. The Balaban J connectivity index is 1.68. The maximum absolute atomic E-state index is 12.6. The summed E-state index contributed by atoms with van der Waals surface area (Å²) < 4.78 is 9.47. The standard InChI is InChI=1S/C23H24N2O5/c1-29-22(27)18-8-9-19(23(28)30-2)20(14-18)24-21(26)15-25-12-10-17(11-13-25)16-6-4-3-5-7-16/h3-10,14H,11-13,15H2,1-2H3,(H,24,26). The van der Waals surface area contributed by atoms with Crippen LogP contribution in [0.2, 0.25) is 0 Å². The first kappa shape index (κ1) is 21.3. The summed E-state index contributed by atoms with van der Waals surface area (Å²) in [5.74, 6) is -1.44. The Morgan fingerprint density at radius 3 is 2.37 bits per heavy atom. The lowest BCUT2D eigenvalue weighted by atomic mass is 10.00. The van der Waals surface area contributed by atoms with Crippen molar-refractivity contribution in [3.8, 4) is 0 Å². The van der Waals surface area contributed by atoms with Gasteiger partial charge in [-0.25, -0.2) is 9.59 Å². The number of hydrogen-bond acceptors (Lipinski definition) is 6. The molecule has 1 amide bonds. The molecule has 1 N–H and O–H groups in total. The highest BCUT2D eigenvalue weighted by molar-refractivity contribution is 6.03. The van der Waals surface area contributed by atoms with Crippen LogP contribution < -0.4 is 5.32 Å². The molecule has 1 aliphatic heterocycles. The number of ether oxygens (including phenoxy) is 2. The number of nitrogens with one attached hydrogen (secondary N) is 1. The number of anilines is 1. The van der Waals surface area contributed by atoms with Gasteiger partial charge in [0.15, 0.2) is 0 Å². The first-order chi connectivity index (χ1) is 14.5. The molecule has 156 valence electrons. The minimum absolute atomic E-state index is 0.168. The molecule has 0 saturated heterocycles. The molecular weight excluding hydrogens is 384 g/mol. The highest BCUT2D eigenvalue weighted by Gasteiger charge is 2.20. The van der Waals surface area contributed by atoms with Gasteiger partial charge in [0.2, 0.25) is 5.91 Å². The molecule has 1 aliphatic rings. The van der Waals surface area contributed by atoms with Gasteiger partial charge in [-0.15, -0.1) is 0 Å². The summed E-state index contributed by atoms with van der Waals surface area (Å²) in [7, 11) is 2.52. The normalized spacial score (nSPS) is 13.9. The van der Waals surface area contributed by atoms with E-state index in [2.05, 4.69) is 23.5 Å². The van der Waals surface area contributed by atoms with Gasteiger partial charge < -0.3 is 14.8 Å². The molecule has 0 atom stereocenters. The number of benzene rings is 2. The third-order valence-corrected chi connectivity index (χ3v) is 4.93.